The minimum Gasteiger partial charge on any atom is -0.454 e. The molecule has 1 unspecified atom stereocenters. The van der Waals surface area contributed by atoms with Crippen LogP contribution in [0.1, 0.15) is 36.6 Å². The highest BCUT2D eigenvalue weighted by molar-refractivity contribution is 9.10. The summed E-state index contributed by atoms with van der Waals surface area (Å²) in [6, 6.07) is 4.14. The fourth-order valence-electron chi connectivity index (χ4n) is 2.79. The molecule has 0 saturated carbocycles. The fourth-order valence-corrected chi connectivity index (χ4v) is 3.13. The maximum Gasteiger partial charge on any atom is 0.191 e. The first-order valence-corrected chi connectivity index (χ1v) is 9.48. The molecule has 2 N–H and O–H groups in total. The van der Waals surface area contributed by atoms with Gasteiger partial charge >= 0.3 is 0 Å². The van der Waals surface area contributed by atoms with E-state index in [9.17, 15) is 0 Å². The first-order valence-electron chi connectivity index (χ1n) is 8.68. The van der Waals surface area contributed by atoms with E-state index in [0.717, 1.165) is 41.5 Å². The van der Waals surface area contributed by atoms with E-state index in [0.29, 0.717) is 6.54 Å². The lowest BCUT2D eigenvalue weighted by molar-refractivity contribution is 0.489. The van der Waals surface area contributed by atoms with Gasteiger partial charge < -0.3 is 15.1 Å². The van der Waals surface area contributed by atoms with Crippen molar-refractivity contribution >= 4 is 21.9 Å². The second-order valence-electron chi connectivity index (χ2n) is 6.24. The van der Waals surface area contributed by atoms with Crippen LogP contribution in [0.5, 0.6) is 0 Å². The van der Waals surface area contributed by atoms with E-state index in [1.807, 2.05) is 23.9 Å². The Labute approximate surface area is 158 Å². The molecule has 0 amide bonds. The predicted molar refractivity (Wildman–Crippen MR) is 105 cm³/mol. The van der Waals surface area contributed by atoms with Crippen LogP contribution in [-0.4, -0.2) is 34.9 Å². The average Bonchev–Trinajstić information content (AvgIpc) is 3.06. The lowest BCUT2D eigenvalue weighted by atomic mass is 10.1. The molecule has 0 aliphatic carbocycles. The van der Waals surface area contributed by atoms with Crippen molar-refractivity contribution in [3.8, 4) is 0 Å². The van der Waals surface area contributed by atoms with Gasteiger partial charge in [-0.25, -0.2) is 0 Å². The third-order valence-electron chi connectivity index (χ3n) is 4.15. The maximum absolute atomic E-state index is 5.51. The van der Waals surface area contributed by atoms with Crippen LogP contribution in [0.3, 0.4) is 0 Å². The van der Waals surface area contributed by atoms with Crippen molar-refractivity contribution < 1.29 is 4.42 Å². The number of hydrogen-bond acceptors (Lipinski definition) is 3. The zero-order chi connectivity index (χ0) is 18.4. The van der Waals surface area contributed by atoms with E-state index < -0.39 is 0 Å². The van der Waals surface area contributed by atoms with Crippen LogP contribution >= 0.6 is 15.9 Å². The van der Waals surface area contributed by atoms with E-state index in [-0.39, 0.29) is 6.04 Å². The van der Waals surface area contributed by atoms with Crippen LogP contribution < -0.4 is 10.6 Å². The molecule has 0 aliphatic heterocycles. The Morgan fingerprint density at radius 1 is 1.40 bits per heavy atom. The van der Waals surface area contributed by atoms with Crippen LogP contribution in [0.2, 0.25) is 0 Å². The lowest BCUT2D eigenvalue weighted by Crippen LogP contribution is -2.43. The number of nitrogens with one attached hydrogen (secondary N) is 2. The Morgan fingerprint density at radius 2 is 2.16 bits per heavy atom. The molecular weight excluding hydrogens is 382 g/mol. The van der Waals surface area contributed by atoms with E-state index in [2.05, 4.69) is 64.3 Å². The van der Waals surface area contributed by atoms with Crippen molar-refractivity contribution in [2.75, 3.05) is 13.1 Å². The molecule has 2 rings (SSSR count). The van der Waals surface area contributed by atoms with Crippen LogP contribution in [-0.2, 0) is 19.9 Å². The van der Waals surface area contributed by atoms with Gasteiger partial charge in [-0.05, 0) is 67.7 Å². The molecule has 1 atom stereocenters. The molecular formula is C18H28BrN5O. The molecule has 25 heavy (non-hydrogen) atoms. The summed E-state index contributed by atoms with van der Waals surface area (Å²) in [5.74, 6) is 1.76. The number of hydrogen-bond donors (Lipinski definition) is 2. The molecule has 0 saturated heterocycles. The minimum absolute atomic E-state index is 0.261. The molecule has 0 spiro atoms. The summed E-state index contributed by atoms with van der Waals surface area (Å²) < 4.78 is 8.21. The normalized spacial score (nSPS) is 13.1. The van der Waals surface area contributed by atoms with Gasteiger partial charge in [-0.2, -0.15) is 5.10 Å². The number of furan rings is 1. The largest absolute Gasteiger partial charge is 0.454 e. The maximum atomic E-state index is 5.51. The highest BCUT2D eigenvalue weighted by atomic mass is 79.9. The van der Waals surface area contributed by atoms with E-state index in [1.54, 1.807) is 0 Å². The van der Waals surface area contributed by atoms with E-state index in [4.69, 9.17) is 4.42 Å². The van der Waals surface area contributed by atoms with Crippen molar-refractivity contribution in [3.63, 3.8) is 0 Å². The minimum atomic E-state index is 0.261. The van der Waals surface area contributed by atoms with Gasteiger partial charge in [0.05, 0.1) is 5.69 Å². The van der Waals surface area contributed by atoms with Crippen LogP contribution in [0, 0.1) is 13.8 Å². The SMILES string of the molecule is CCNC(=NCCc1ccc(Br)o1)NC(C)Cc1c(C)nn(C)c1C. The Kier molecular flexibility index (Phi) is 7.11. The Balaban J connectivity index is 1.93. The number of rotatable bonds is 7. The number of halogens is 1. The van der Waals surface area contributed by atoms with Crippen molar-refractivity contribution in [2.45, 2.75) is 46.6 Å². The molecule has 2 aromatic heterocycles. The summed E-state index contributed by atoms with van der Waals surface area (Å²) in [6.45, 7) is 9.92. The van der Waals surface area contributed by atoms with Crippen LogP contribution in [0.4, 0.5) is 0 Å². The monoisotopic (exact) mass is 409 g/mol. The van der Waals surface area contributed by atoms with Gasteiger partial charge in [0.25, 0.3) is 0 Å². The van der Waals surface area contributed by atoms with E-state index in [1.165, 1.54) is 11.3 Å². The Hall–Kier alpha value is -1.76. The second-order valence-corrected chi connectivity index (χ2v) is 7.02. The number of guanidine groups is 1. The third kappa shape index (κ3) is 5.63. The zero-order valence-electron chi connectivity index (χ0n) is 15.7. The molecule has 2 heterocycles. The molecule has 7 heteroatoms. The van der Waals surface area contributed by atoms with Gasteiger partial charge in [-0.1, -0.05) is 0 Å². The van der Waals surface area contributed by atoms with Gasteiger partial charge in [-0.3, -0.25) is 9.67 Å². The number of aromatic nitrogens is 2. The molecule has 0 radical (unpaired) electrons. The lowest BCUT2D eigenvalue weighted by Gasteiger charge is -2.18. The number of nitrogens with zero attached hydrogens (tertiary/aromatic N) is 3. The number of aliphatic imine (C=N–C) groups is 1. The summed E-state index contributed by atoms with van der Waals surface area (Å²) in [4.78, 5) is 4.65. The quantitative estimate of drug-likeness (QED) is 0.544. The molecule has 0 aromatic carbocycles. The zero-order valence-corrected chi connectivity index (χ0v) is 17.3. The first-order chi connectivity index (χ1) is 11.9. The van der Waals surface area contributed by atoms with E-state index >= 15 is 0 Å². The third-order valence-corrected chi connectivity index (χ3v) is 4.58. The van der Waals surface area contributed by atoms with Crippen molar-refractivity contribution in [1.29, 1.82) is 0 Å². The first kappa shape index (κ1) is 19.6. The molecule has 6 nitrogen and oxygen atoms in total. The van der Waals surface area contributed by atoms with Crippen molar-refractivity contribution in [1.82, 2.24) is 20.4 Å². The Bertz CT molecular complexity index is 719. The van der Waals surface area contributed by atoms with Gasteiger partial charge in [0.1, 0.15) is 5.76 Å². The summed E-state index contributed by atoms with van der Waals surface area (Å²) in [5.41, 5.74) is 3.62. The van der Waals surface area contributed by atoms with Crippen molar-refractivity contribution in [3.05, 3.63) is 39.5 Å². The molecule has 0 aliphatic rings. The van der Waals surface area contributed by atoms with Gasteiger partial charge in [0.15, 0.2) is 10.6 Å². The van der Waals surface area contributed by atoms with Crippen LogP contribution in [0.15, 0.2) is 26.2 Å². The summed E-state index contributed by atoms with van der Waals surface area (Å²) >= 11 is 3.32. The molecule has 0 fully saturated rings. The standard InChI is InChI=1S/C18H28BrN5O/c1-6-20-18(21-10-9-15-7-8-17(19)25-15)22-12(2)11-16-13(3)23-24(5)14(16)4/h7-8,12H,6,9-11H2,1-5H3,(H2,20,21,22). The van der Waals surface area contributed by atoms with Crippen molar-refractivity contribution in [2.24, 2.45) is 12.0 Å². The Morgan fingerprint density at radius 3 is 2.72 bits per heavy atom. The molecule has 0 bridgehead atoms. The van der Waals surface area contributed by atoms with Crippen LogP contribution in [0.25, 0.3) is 0 Å². The number of aryl methyl sites for hydroxylation is 2. The van der Waals surface area contributed by atoms with Gasteiger partial charge in [0, 0.05) is 38.3 Å². The van der Waals surface area contributed by atoms with Gasteiger partial charge in [0.2, 0.25) is 0 Å². The highest BCUT2D eigenvalue weighted by Crippen LogP contribution is 2.15. The summed E-state index contributed by atoms with van der Waals surface area (Å²) in [7, 11) is 1.99. The van der Waals surface area contributed by atoms with Gasteiger partial charge in [-0.15, -0.1) is 0 Å². The topological polar surface area (TPSA) is 67.4 Å². The summed E-state index contributed by atoms with van der Waals surface area (Å²) in [5, 5.41) is 11.3. The average molecular weight is 410 g/mol. The smallest absolute Gasteiger partial charge is 0.191 e. The fraction of sp³-hybridized carbons (Fsp3) is 0.556. The second kappa shape index (κ2) is 9.08. The molecule has 138 valence electrons. The summed E-state index contributed by atoms with van der Waals surface area (Å²) in [6.07, 6.45) is 1.69. The highest BCUT2D eigenvalue weighted by Gasteiger charge is 2.14. The molecule has 2 aromatic rings. The predicted octanol–water partition coefficient (Wildman–Crippen LogP) is 3.12.